The van der Waals surface area contributed by atoms with Crippen LogP contribution in [0.4, 0.5) is 4.39 Å². The summed E-state index contributed by atoms with van der Waals surface area (Å²) in [6.45, 7) is 0. The predicted molar refractivity (Wildman–Crippen MR) is 113 cm³/mol. The maximum atomic E-state index is 14.1. The Morgan fingerprint density at radius 2 is 1.86 bits per heavy atom. The lowest BCUT2D eigenvalue weighted by atomic mass is 10.0. The molecule has 28 heavy (non-hydrogen) atoms. The molecule has 4 nitrogen and oxygen atoms in total. The zero-order valence-electron chi connectivity index (χ0n) is 15.2. The van der Waals surface area contributed by atoms with E-state index in [2.05, 4.69) is 4.98 Å². The normalized spacial score (nSPS) is 12.4. The summed E-state index contributed by atoms with van der Waals surface area (Å²) in [6, 6.07) is 18.8. The number of nitrogens with one attached hydrogen (secondary N) is 1. The Balaban J connectivity index is 1.85. The lowest BCUT2D eigenvalue weighted by molar-refractivity contribution is 0.474. The molecule has 2 N–H and O–H groups in total. The summed E-state index contributed by atoms with van der Waals surface area (Å²) >= 11 is 1.64. The molecular weight excluding hydrogens is 375 g/mol. The zero-order chi connectivity index (χ0) is 19.7. The standard InChI is InChI=1S/C22H19FN2O2S/c1-28-13-21(14-6-9-16(26)10-7-14)25-20-11-8-15(12-19(20)24-22(25)27)17-4-2-3-5-18(17)23/h2-12,21,26H,13H2,1H3,(H,24,27). The Morgan fingerprint density at radius 3 is 2.57 bits per heavy atom. The number of imidazole rings is 1. The van der Waals surface area contributed by atoms with E-state index in [0.717, 1.165) is 11.1 Å². The molecule has 1 unspecified atom stereocenters. The molecule has 0 fully saturated rings. The number of rotatable bonds is 5. The predicted octanol–water partition coefficient (Wildman–Crippen LogP) is 4.79. The number of benzene rings is 3. The number of hydrogen-bond donors (Lipinski definition) is 2. The number of aromatic nitrogens is 2. The van der Waals surface area contributed by atoms with Crippen LogP contribution in [-0.2, 0) is 0 Å². The summed E-state index contributed by atoms with van der Waals surface area (Å²) in [5.74, 6) is 0.590. The van der Waals surface area contributed by atoms with Crippen LogP contribution < -0.4 is 5.69 Å². The second kappa shape index (κ2) is 7.56. The summed E-state index contributed by atoms with van der Waals surface area (Å²) < 4.78 is 15.9. The number of hydrogen-bond acceptors (Lipinski definition) is 3. The molecule has 4 rings (SSSR count). The van der Waals surface area contributed by atoms with Crippen LogP contribution in [0.3, 0.4) is 0 Å². The molecule has 0 saturated carbocycles. The minimum atomic E-state index is -0.298. The first-order valence-electron chi connectivity index (χ1n) is 8.85. The van der Waals surface area contributed by atoms with E-state index in [-0.39, 0.29) is 23.3 Å². The van der Waals surface area contributed by atoms with E-state index in [9.17, 15) is 14.3 Å². The van der Waals surface area contributed by atoms with Gasteiger partial charge in [-0.3, -0.25) is 4.57 Å². The van der Waals surface area contributed by atoms with Gasteiger partial charge in [-0.2, -0.15) is 11.8 Å². The lowest BCUT2D eigenvalue weighted by Gasteiger charge is -2.18. The van der Waals surface area contributed by atoms with Crippen molar-refractivity contribution in [3.8, 4) is 16.9 Å². The van der Waals surface area contributed by atoms with E-state index < -0.39 is 0 Å². The highest BCUT2D eigenvalue weighted by molar-refractivity contribution is 7.98. The quantitative estimate of drug-likeness (QED) is 0.511. The van der Waals surface area contributed by atoms with E-state index in [4.69, 9.17) is 0 Å². The van der Waals surface area contributed by atoms with Crippen LogP contribution in [0.25, 0.3) is 22.2 Å². The van der Waals surface area contributed by atoms with Gasteiger partial charge >= 0.3 is 5.69 Å². The Labute approximate surface area is 165 Å². The summed E-state index contributed by atoms with van der Waals surface area (Å²) in [5.41, 5.74) is 3.36. The van der Waals surface area contributed by atoms with Crippen LogP contribution in [0.2, 0.25) is 0 Å². The first-order chi connectivity index (χ1) is 13.6. The van der Waals surface area contributed by atoms with Gasteiger partial charge in [-0.15, -0.1) is 0 Å². The maximum absolute atomic E-state index is 14.1. The highest BCUT2D eigenvalue weighted by Gasteiger charge is 2.19. The van der Waals surface area contributed by atoms with Crippen molar-refractivity contribution in [1.29, 1.82) is 0 Å². The highest BCUT2D eigenvalue weighted by Crippen LogP contribution is 2.29. The third-order valence-corrected chi connectivity index (χ3v) is 5.46. The van der Waals surface area contributed by atoms with Crippen molar-refractivity contribution < 1.29 is 9.50 Å². The van der Waals surface area contributed by atoms with Crippen LogP contribution >= 0.6 is 11.8 Å². The molecule has 6 heteroatoms. The Kier molecular flexibility index (Phi) is 4.96. The Bertz CT molecular complexity index is 1180. The largest absolute Gasteiger partial charge is 0.508 e. The first-order valence-corrected chi connectivity index (χ1v) is 10.2. The van der Waals surface area contributed by atoms with Crippen LogP contribution in [0, 0.1) is 5.82 Å². The molecule has 0 aliphatic carbocycles. The highest BCUT2D eigenvalue weighted by atomic mass is 32.2. The second-order valence-corrected chi connectivity index (χ2v) is 7.49. The monoisotopic (exact) mass is 394 g/mol. The minimum absolute atomic E-state index is 0.184. The second-order valence-electron chi connectivity index (χ2n) is 6.57. The van der Waals surface area contributed by atoms with Crippen LogP contribution in [-0.4, -0.2) is 26.7 Å². The summed E-state index contributed by atoms with van der Waals surface area (Å²) in [6.07, 6.45) is 1.99. The van der Waals surface area contributed by atoms with Crippen molar-refractivity contribution in [2.45, 2.75) is 6.04 Å². The molecule has 0 aliphatic rings. The minimum Gasteiger partial charge on any atom is -0.508 e. The Morgan fingerprint density at radius 1 is 1.11 bits per heavy atom. The van der Waals surface area contributed by atoms with Crippen molar-refractivity contribution in [2.75, 3.05) is 12.0 Å². The Hall–Kier alpha value is -2.99. The van der Waals surface area contributed by atoms with Crippen molar-refractivity contribution in [1.82, 2.24) is 9.55 Å². The van der Waals surface area contributed by atoms with Gasteiger partial charge in [0.25, 0.3) is 0 Å². The number of phenols is 1. The van der Waals surface area contributed by atoms with E-state index in [1.54, 1.807) is 52.7 Å². The third-order valence-electron chi connectivity index (χ3n) is 4.82. The van der Waals surface area contributed by atoms with Gasteiger partial charge in [0.05, 0.1) is 17.1 Å². The third kappa shape index (κ3) is 3.31. The number of H-pyrrole nitrogens is 1. The number of aromatic hydroxyl groups is 1. The molecule has 0 aliphatic heterocycles. The van der Waals surface area contributed by atoms with Gasteiger partial charge in [-0.05, 0) is 47.7 Å². The molecule has 4 aromatic rings. The van der Waals surface area contributed by atoms with E-state index in [1.807, 2.05) is 30.5 Å². The summed E-state index contributed by atoms with van der Waals surface area (Å²) in [4.78, 5) is 15.7. The number of aromatic amines is 1. The average molecular weight is 394 g/mol. The molecule has 0 amide bonds. The van der Waals surface area contributed by atoms with Gasteiger partial charge in [0.2, 0.25) is 0 Å². The SMILES string of the molecule is CSCC(c1ccc(O)cc1)n1c(=O)[nH]c2cc(-c3ccccc3F)ccc21. The van der Waals surface area contributed by atoms with Crippen LogP contribution in [0.5, 0.6) is 5.75 Å². The topological polar surface area (TPSA) is 58.0 Å². The van der Waals surface area contributed by atoms with Gasteiger partial charge in [-0.25, -0.2) is 9.18 Å². The van der Waals surface area contributed by atoms with Gasteiger partial charge in [0.1, 0.15) is 11.6 Å². The molecule has 1 heterocycles. The van der Waals surface area contributed by atoms with E-state index in [0.29, 0.717) is 22.4 Å². The van der Waals surface area contributed by atoms with Gasteiger partial charge < -0.3 is 10.1 Å². The summed E-state index contributed by atoms with van der Waals surface area (Å²) in [7, 11) is 0. The molecule has 1 atom stereocenters. The maximum Gasteiger partial charge on any atom is 0.327 e. The van der Waals surface area contributed by atoms with E-state index in [1.165, 1.54) is 6.07 Å². The fourth-order valence-corrected chi connectivity index (χ4v) is 4.13. The van der Waals surface area contributed by atoms with Crippen molar-refractivity contribution >= 4 is 22.8 Å². The molecule has 3 aromatic carbocycles. The van der Waals surface area contributed by atoms with Gasteiger partial charge in [0, 0.05) is 11.3 Å². The zero-order valence-corrected chi connectivity index (χ0v) is 16.0. The number of thioether (sulfide) groups is 1. The molecule has 0 bridgehead atoms. The lowest BCUT2D eigenvalue weighted by Crippen LogP contribution is -2.24. The number of fused-ring (bicyclic) bond motifs is 1. The molecule has 0 spiro atoms. The molecule has 0 radical (unpaired) electrons. The van der Waals surface area contributed by atoms with Crippen molar-refractivity contribution in [2.24, 2.45) is 0 Å². The number of halogens is 1. The van der Waals surface area contributed by atoms with Crippen molar-refractivity contribution in [3.63, 3.8) is 0 Å². The van der Waals surface area contributed by atoms with Gasteiger partial charge in [-0.1, -0.05) is 36.4 Å². The molecule has 142 valence electrons. The fourth-order valence-electron chi connectivity index (χ4n) is 3.48. The van der Waals surface area contributed by atoms with E-state index >= 15 is 0 Å². The first kappa shape index (κ1) is 18.4. The average Bonchev–Trinajstić information content (AvgIpc) is 3.02. The van der Waals surface area contributed by atoms with Crippen LogP contribution in [0.15, 0.2) is 71.5 Å². The number of phenolic OH excluding ortho intramolecular Hbond substituents is 1. The van der Waals surface area contributed by atoms with Gasteiger partial charge in [0.15, 0.2) is 0 Å². The molecular formula is C22H19FN2O2S. The van der Waals surface area contributed by atoms with Crippen molar-refractivity contribution in [3.05, 3.63) is 88.6 Å². The fraction of sp³-hybridized carbons (Fsp3) is 0.136. The smallest absolute Gasteiger partial charge is 0.327 e. The molecule has 1 aromatic heterocycles. The number of nitrogens with zero attached hydrogens (tertiary/aromatic N) is 1. The summed E-state index contributed by atoms with van der Waals surface area (Å²) in [5, 5.41) is 9.58. The van der Waals surface area contributed by atoms with Crippen LogP contribution in [0.1, 0.15) is 11.6 Å². The molecule has 0 saturated heterocycles.